The second-order valence-electron chi connectivity index (χ2n) is 7.85. The van der Waals surface area contributed by atoms with Gasteiger partial charge < -0.3 is 4.74 Å². The molecule has 0 aliphatic heterocycles. The third-order valence-electron chi connectivity index (χ3n) is 5.16. The van der Waals surface area contributed by atoms with Crippen molar-refractivity contribution in [3.8, 4) is 22.6 Å². The van der Waals surface area contributed by atoms with E-state index in [1.54, 1.807) is 24.3 Å². The van der Waals surface area contributed by atoms with Crippen LogP contribution in [0.2, 0.25) is 0 Å². The number of benzene rings is 3. The van der Waals surface area contributed by atoms with Crippen molar-refractivity contribution >= 4 is 30.6 Å². The lowest BCUT2D eigenvalue weighted by molar-refractivity contribution is -0.136. The van der Waals surface area contributed by atoms with Gasteiger partial charge in [-0.2, -0.15) is 13.2 Å². The van der Waals surface area contributed by atoms with Crippen LogP contribution in [0.3, 0.4) is 0 Å². The van der Waals surface area contributed by atoms with Crippen molar-refractivity contribution in [2.24, 2.45) is 0 Å². The fourth-order valence-electron chi connectivity index (χ4n) is 3.63. The Balaban J connectivity index is 1.91. The summed E-state index contributed by atoms with van der Waals surface area (Å²) in [5.41, 5.74) is -1.02. The maximum absolute atomic E-state index is 13.6. The van der Waals surface area contributed by atoms with E-state index in [1.807, 2.05) is 0 Å². The zero-order valence-corrected chi connectivity index (χ0v) is 20.0. The number of sulfone groups is 2. The van der Waals surface area contributed by atoms with Crippen LogP contribution in [-0.4, -0.2) is 34.3 Å². The van der Waals surface area contributed by atoms with E-state index in [1.165, 1.54) is 36.4 Å². The highest BCUT2D eigenvalue weighted by Gasteiger charge is 2.34. The minimum absolute atomic E-state index is 0.0129. The van der Waals surface area contributed by atoms with Gasteiger partial charge in [-0.15, -0.1) is 0 Å². The van der Waals surface area contributed by atoms with Crippen molar-refractivity contribution in [1.82, 2.24) is 4.98 Å². The number of ether oxygens (including phenoxy) is 1. The molecule has 4 rings (SSSR count). The minimum Gasteiger partial charge on any atom is -0.457 e. The number of hydrogen-bond acceptors (Lipinski definition) is 6. The quantitative estimate of drug-likeness (QED) is 0.344. The maximum Gasteiger partial charge on any atom is 0.418 e. The van der Waals surface area contributed by atoms with Crippen molar-refractivity contribution in [1.29, 1.82) is 0 Å². The largest absolute Gasteiger partial charge is 0.457 e. The Kier molecular flexibility index (Phi) is 6.10. The molecular weight excluding hydrogens is 503 g/mol. The van der Waals surface area contributed by atoms with Gasteiger partial charge in [0.2, 0.25) is 0 Å². The number of halogens is 3. The molecule has 1 heterocycles. The van der Waals surface area contributed by atoms with Crippen LogP contribution in [0.4, 0.5) is 13.2 Å². The third kappa shape index (κ3) is 5.15. The Hall–Kier alpha value is -3.44. The summed E-state index contributed by atoms with van der Waals surface area (Å²) in [6, 6.07) is 15.4. The molecule has 0 aliphatic carbocycles. The molecule has 0 bridgehead atoms. The average Bonchev–Trinajstić information content (AvgIpc) is 2.76. The minimum atomic E-state index is -4.69. The van der Waals surface area contributed by atoms with Crippen LogP contribution in [0.25, 0.3) is 22.0 Å². The zero-order chi connectivity index (χ0) is 25.6. The fraction of sp³-hybridized carbons (Fsp3) is 0.125. The summed E-state index contributed by atoms with van der Waals surface area (Å²) in [7, 11) is -7.34. The Morgan fingerprint density at radius 2 is 1.43 bits per heavy atom. The lowest BCUT2D eigenvalue weighted by Crippen LogP contribution is -2.08. The van der Waals surface area contributed by atoms with E-state index >= 15 is 0 Å². The number of fused-ring (bicyclic) bond motifs is 1. The Labute approximate surface area is 199 Å². The molecule has 0 amide bonds. The van der Waals surface area contributed by atoms with Crippen LogP contribution in [0, 0.1) is 0 Å². The summed E-state index contributed by atoms with van der Waals surface area (Å²) in [4.78, 5) is 3.65. The molecule has 182 valence electrons. The van der Waals surface area contributed by atoms with Crippen molar-refractivity contribution < 1.29 is 34.7 Å². The number of aromatic nitrogens is 1. The zero-order valence-electron chi connectivity index (χ0n) is 18.4. The molecule has 1 aromatic heterocycles. The number of nitrogens with zero attached hydrogens (tertiary/aromatic N) is 1. The molecular formula is C24H18F3NO5S2. The number of hydrogen-bond donors (Lipinski definition) is 0. The Bertz CT molecular complexity index is 1660. The fourth-order valence-corrected chi connectivity index (χ4v) is 5.13. The van der Waals surface area contributed by atoms with Gasteiger partial charge in [-0.3, -0.25) is 4.98 Å². The second kappa shape index (κ2) is 8.65. The molecule has 0 spiro atoms. The first-order chi connectivity index (χ1) is 16.2. The molecule has 0 radical (unpaired) electrons. The lowest BCUT2D eigenvalue weighted by Gasteiger charge is -2.16. The summed E-state index contributed by atoms with van der Waals surface area (Å²) in [5.74, 6) is 0.442. The molecule has 0 saturated heterocycles. The highest BCUT2D eigenvalue weighted by molar-refractivity contribution is 7.91. The Morgan fingerprint density at radius 3 is 2.06 bits per heavy atom. The molecule has 0 N–H and O–H groups in total. The maximum atomic E-state index is 13.6. The standard InChI is InChI=1S/C24H18F3NO5S2/c1-34(29,30)18-9-4-8-17(13-18)33-16-7-3-6-15(12-16)22-19-10-5-11-20(24(25,26)27)23(19)28-14-21(22)35(2,31)32/h3-14H,1-2H3. The first-order valence-corrected chi connectivity index (χ1v) is 13.8. The van der Waals surface area contributed by atoms with Gasteiger partial charge in [0.1, 0.15) is 11.5 Å². The van der Waals surface area contributed by atoms with Gasteiger partial charge >= 0.3 is 6.18 Å². The molecule has 0 atom stereocenters. The van der Waals surface area contributed by atoms with Gasteiger partial charge in [0, 0.05) is 29.7 Å². The van der Waals surface area contributed by atoms with Gasteiger partial charge in [-0.05, 0) is 42.0 Å². The van der Waals surface area contributed by atoms with E-state index in [9.17, 15) is 30.0 Å². The second-order valence-corrected chi connectivity index (χ2v) is 11.8. The third-order valence-corrected chi connectivity index (χ3v) is 7.38. The van der Waals surface area contributed by atoms with E-state index in [0.717, 1.165) is 24.8 Å². The van der Waals surface area contributed by atoms with Crippen LogP contribution < -0.4 is 4.74 Å². The molecule has 4 aromatic rings. The van der Waals surface area contributed by atoms with Crippen molar-refractivity contribution in [2.45, 2.75) is 16.0 Å². The topological polar surface area (TPSA) is 90.4 Å². The summed E-state index contributed by atoms with van der Waals surface area (Å²) >= 11 is 0. The molecule has 0 unspecified atom stereocenters. The predicted molar refractivity (Wildman–Crippen MR) is 125 cm³/mol. The van der Waals surface area contributed by atoms with Crippen LogP contribution >= 0.6 is 0 Å². The highest BCUT2D eigenvalue weighted by atomic mass is 32.2. The number of alkyl halides is 3. The highest BCUT2D eigenvalue weighted by Crippen LogP contribution is 2.40. The van der Waals surface area contributed by atoms with E-state index < -0.39 is 31.4 Å². The molecule has 0 aliphatic rings. The van der Waals surface area contributed by atoms with Gasteiger partial charge in [0.05, 0.1) is 20.9 Å². The van der Waals surface area contributed by atoms with Gasteiger partial charge in [0.25, 0.3) is 0 Å². The number of pyridine rings is 1. The van der Waals surface area contributed by atoms with Crippen LogP contribution in [-0.2, 0) is 25.9 Å². The molecule has 35 heavy (non-hydrogen) atoms. The molecule has 11 heteroatoms. The van der Waals surface area contributed by atoms with Gasteiger partial charge in [0.15, 0.2) is 19.7 Å². The van der Waals surface area contributed by atoms with E-state index in [2.05, 4.69) is 4.98 Å². The summed E-state index contributed by atoms with van der Waals surface area (Å²) in [6.45, 7) is 0. The van der Waals surface area contributed by atoms with Crippen LogP contribution in [0.15, 0.2) is 82.7 Å². The summed E-state index contributed by atoms with van der Waals surface area (Å²) < 4.78 is 95.2. The average molecular weight is 522 g/mol. The number of para-hydroxylation sites is 1. The monoisotopic (exact) mass is 521 g/mol. The SMILES string of the molecule is CS(=O)(=O)c1cccc(Oc2cccc(-c3c(S(C)(=O)=O)cnc4c(C(F)(F)F)cccc34)c2)c1. The first kappa shape index (κ1) is 24.7. The smallest absolute Gasteiger partial charge is 0.418 e. The normalized spacial score (nSPS) is 12.6. The molecule has 0 saturated carbocycles. The molecule has 3 aromatic carbocycles. The van der Waals surface area contributed by atoms with Gasteiger partial charge in [-0.1, -0.05) is 30.3 Å². The lowest BCUT2D eigenvalue weighted by atomic mass is 9.99. The summed E-state index contributed by atoms with van der Waals surface area (Å²) in [6.07, 6.45) is -1.76. The van der Waals surface area contributed by atoms with Gasteiger partial charge in [-0.25, -0.2) is 16.8 Å². The van der Waals surface area contributed by atoms with E-state index in [0.29, 0.717) is 0 Å². The predicted octanol–water partition coefficient (Wildman–Crippen LogP) is 5.52. The van der Waals surface area contributed by atoms with E-state index in [-0.39, 0.29) is 43.3 Å². The summed E-state index contributed by atoms with van der Waals surface area (Å²) in [5, 5.41) is 0.0129. The van der Waals surface area contributed by atoms with Crippen molar-refractivity contribution in [3.05, 3.63) is 78.5 Å². The molecule has 6 nitrogen and oxygen atoms in total. The van der Waals surface area contributed by atoms with Crippen LogP contribution in [0.1, 0.15) is 5.56 Å². The molecule has 0 fully saturated rings. The van der Waals surface area contributed by atoms with Crippen LogP contribution in [0.5, 0.6) is 11.5 Å². The van der Waals surface area contributed by atoms with Crippen molar-refractivity contribution in [2.75, 3.05) is 12.5 Å². The van der Waals surface area contributed by atoms with E-state index in [4.69, 9.17) is 4.74 Å². The Morgan fingerprint density at radius 1 is 0.800 bits per heavy atom. The van der Waals surface area contributed by atoms with Crippen molar-refractivity contribution in [3.63, 3.8) is 0 Å². The first-order valence-electron chi connectivity index (χ1n) is 10.0. The number of rotatable bonds is 5.